The van der Waals surface area contributed by atoms with E-state index in [1.807, 2.05) is 24.3 Å². The lowest BCUT2D eigenvalue weighted by atomic mass is 10.0. The summed E-state index contributed by atoms with van der Waals surface area (Å²) < 4.78 is 1.04. The third kappa shape index (κ3) is 2.44. The molecule has 0 aliphatic heterocycles. The van der Waals surface area contributed by atoms with E-state index in [1.165, 1.54) is 6.33 Å². The molecule has 0 aliphatic rings. The number of halogens is 1. The smallest absolute Gasteiger partial charge is 0.115 e. The maximum absolute atomic E-state index is 5.56. The van der Waals surface area contributed by atoms with Crippen LogP contribution in [0.4, 0.5) is 0 Å². The first-order valence-electron chi connectivity index (χ1n) is 4.78. The molecule has 0 radical (unpaired) electrons. The van der Waals surface area contributed by atoms with Gasteiger partial charge < -0.3 is 0 Å². The van der Waals surface area contributed by atoms with Gasteiger partial charge in [-0.2, -0.15) is 0 Å². The number of rotatable bonds is 3. The average Bonchev–Trinajstić information content (AvgIpc) is 2.34. The van der Waals surface area contributed by atoms with Crippen molar-refractivity contribution in [3.8, 4) is 0 Å². The van der Waals surface area contributed by atoms with Crippen LogP contribution in [0.15, 0.2) is 47.5 Å². The molecule has 4 nitrogen and oxygen atoms in total. The van der Waals surface area contributed by atoms with Crippen LogP contribution in [0.1, 0.15) is 17.2 Å². The Morgan fingerprint density at radius 2 is 1.69 bits per heavy atom. The lowest BCUT2D eigenvalue weighted by molar-refractivity contribution is 0.632. The molecule has 1 heterocycles. The molecule has 0 spiro atoms. The predicted molar refractivity (Wildman–Crippen MR) is 65.3 cm³/mol. The Kier molecular flexibility index (Phi) is 3.61. The topological polar surface area (TPSA) is 63.8 Å². The molecule has 2 aromatic rings. The fourth-order valence-corrected chi connectivity index (χ4v) is 1.76. The summed E-state index contributed by atoms with van der Waals surface area (Å²) in [5, 5.41) is 0. The number of aromatic nitrogens is 2. The van der Waals surface area contributed by atoms with Gasteiger partial charge in [0.2, 0.25) is 0 Å². The first-order chi connectivity index (χ1) is 7.81. The molecule has 82 valence electrons. The zero-order chi connectivity index (χ0) is 11.4. The maximum atomic E-state index is 5.56. The molecule has 0 amide bonds. The standard InChI is InChI=1S/C11H11BrN4/c12-10-3-1-8(2-4-10)11(16-13)9-5-14-7-15-6-9/h1-7,11,16H,13H2. The molecule has 1 atom stereocenters. The van der Waals surface area contributed by atoms with Gasteiger partial charge in [0.15, 0.2) is 0 Å². The Labute approximate surface area is 102 Å². The summed E-state index contributed by atoms with van der Waals surface area (Å²) in [5.41, 5.74) is 4.77. The Morgan fingerprint density at radius 3 is 2.25 bits per heavy atom. The first kappa shape index (κ1) is 11.2. The number of hydrazine groups is 1. The molecule has 0 bridgehead atoms. The van der Waals surface area contributed by atoms with Gasteiger partial charge in [0.25, 0.3) is 0 Å². The molecule has 2 rings (SSSR count). The number of nitrogens with one attached hydrogen (secondary N) is 1. The van der Waals surface area contributed by atoms with Crippen LogP contribution < -0.4 is 11.3 Å². The fraction of sp³-hybridized carbons (Fsp3) is 0.0909. The van der Waals surface area contributed by atoms with Gasteiger partial charge >= 0.3 is 0 Å². The normalized spacial score (nSPS) is 12.4. The highest BCUT2D eigenvalue weighted by Gasteiger charge is 2.12. The van der Waals surface area contributed by atoms with E-state index in [2.05, 4.69) is 31.3 Å². The van der Waals surface area contributed by atoms with Crippen molar-refractivity contribution in [3.63, 3.8) is 0 Å². The summed E-state index contributed by atoms with van der Waals surface area (Å²) in [6, 6.07) is 7.87. The van der Waals surface area contributed by atoms with Crippen molar-refractivity contribution in [2.45, 2.75) is 6.04 Å². The minimum Gasteiger partial charge on any atom is -0.271 e. The SMILES string of the molecule is NNC(c1ccc(Br)cc1)c1cncnc1. The first-order valence-corrected chi connectivity index (χ1v) is 5.57. The highest BCUT2D eigenvalue weighted by Crippen LogP contribution is 2.21. The van der Waals surface area contributed by atoms with Crippen molar-refractivity contribution >= 4 is 15.9 Å². The molecular formula is C11H11BrN4. The van der Waals surface area contributed by atoms with Gasteiger partial charge in [0, 0.05) is 22.4 Å². The largest absolute Gasteiger partial charge is 0.271 e. The van der Waals surface area contributed by atoms with Crippen LogP contribution in [0.25, 0.3) is 0 Å². The van der Waals surface area contributed by atoms with Gasteiger partial charge in [-0.25, -0.2) is 15.4 Å². The van der Waals surface area contributed by atoms with Gasteiger partial charge in [0.05, 0.1) is 6.04 Å². The minimum atomic E-state index is -0.0886. The van der Waals surface area contributed by atoms with Gasteiger partial charge in [-0.15, -0.1) is 0 Å². The number of nitrogens with two attached hydrogens (primary N) is 1. The van der Waals surface area contributed by atoms with Crippen LogP contribution in [0.5, 0.6) is 0 Å². The molecule has 16 heavy (non-hydrogen) atoms. The van der Waals surface area contributed by atoms with Crippen LogP contribution in [0.3, 0.4) is 0 Å². The summed E-state index contributed by atoms with van der Waals surface area (Å²) in [6.45, 7) is 0. The molecule has 0 aliphatic carbocycles. The third-order valence-corrected chi connectivity index (χ3v) is 2.81. The van der Waals surface area contributed by atoms with Gasteiger partial charge in [-0.05, 0) is 17.7 Å². The lowest BCUT2D eigenvalue weighted by Crippen LogP contribution is -2.28. The van der Waals surface area contributed by atoms with Crippen molar-refractivity contribution in [3.05, 3.63) is 58.6 Å². The molecule has 0 saturated heterocycles. The lowest BCUT2D eigenvalue weighted by Gasteiger charge is -2.15. The molecule has 1 unspecified atom stereocenters. The molecule has 1 aromatic carbocycles. The van der Waals surface area contributed by atoms with E-state index < -0.39 is 0 Å². The monoisotopic (exact) mass is 278 g/mol. The quantitative estimate of drug-likeness (QED) is 0.664. The number of nitrogens with zero attached hydrogens (tertiary/aromatic N) is 2. The summed E-state index contributed by atoms with van der Waals surface area (Å²) in [7, 11) is 0. The fourth-order valence-electron chi connectivity index (χ4n) is 1.50. The number of hydrogen-bond acceptors (Lipinski definition) is 4. The van der Waals surface area contributed by atoms with Crippen molar-refractivity contribution in [1.82, 2.24) is 15.4 Å². The van der Waals surface area contributed by atoms with E-state index in [0.717, 1.165) is 15.6 Å². The van der Waals surface area contributed by atoms with Gasteiger partial charge in [0.1, 0.15) is 6.33 Å². The van der Waals surface area contributed by atoms with Crippen LogP contribution in [0, 0.1) is 0 Å². The highest BCUT2D eigenvalue weighted by atomic mass is 79.9. The van der Waals surface area contributed by atoms with Crippen molar-refractivity contribution < 1.29 is 0 Å². The second kappa shape index (κ2) is 5.16. The van der Waals surface area contributed by atoms with Gasteiger partial charge in [-0.1, -0.05) is 28.1 Å². The predicted octanol–water partition coefficient (Wildman–Crippen LogP) is 1.79. The molecule has 3 N–H and O–H groups in total. The summed E-state index contributed by atoms with van der Waals surface area (Å²) in [4.78, 5) is 7.96. The van der Waals surface area contributed by atoms with E-state index >= 15 is 0 Å². The zero-order valence-electron chi connectivity index (χ0n) is 8.47. The molecular weight excluding hydrogens is 268 g/mol. The second-order valence-corrected chi connectivity index (χ2v) is 4.24. The Morgan fingerprint density at radius 1 is 1.06 bits per heavy atom. The van der Waals surface area contributed by atoms with Crippen LogP contribution in [-0.2, 0) is 0 Å². The highest BCUT2D eigenvalue weighted by molar-refractivity contribution is 9.10. The maximum Gasteiger partial charge on any atom is 0.115 e. The number of benzene rings is 1. The van der Waals surface area contributed by atoms with E-state index in [9.17, 15) is 0 Å². The van der Waals surface area contributed by atoms with E-state index in [4.69, 9.17) is 5.84 Å². The van der Waals surface area contributed by atoms with Gasteiger partial charge in [-0.3, -0.25) is 5.84 Å². The summed E-state index contributed by atoms with van der Waals surface area (Å²) in [6.07, 6.45) is 5.00. The van der Waals surface area contributed by atoms with Crippen molar-refractivity contribution in [2.24, 2.45) is 5.84 Å². The van der Waals surface area contributed by atoms with Crippen LogP contribution in [-0.4, -0.2) is 9.97 Å². The molecule has 0 fully saturated rings. The minimum absolute atomic E-state index is 0.0886. The van der Waals surface area contributed by atoms with Crippen LogP contribution in [0.2, 0.25) is 0 Å². The van der Waals surface area contributed by atoms with E-state index in [0.29, 0.717) is 0 Å². The molecule has 5 heteroatoms. The Balaban J connectivity index is 2.33. The summed E-state index contributed by atoms with van der Waals surface area (Å²) in [5.74, 6) is 5.56. The van der Waals surface area contributed by atoms with E-state index in [1.54, 1.807) is 12.4 Å². The third-order valence-electron chi connectivity index (χ3n) is 2.28. The Bertz CT molecular complexity index is 443. The molecule has 0 saturated carbocycles. The van der Waals surface area contributed by atoms with Crippen molar-refractivity contribution in [1.29, 1.82) is 0 Å². The number of hydrogen-bond donors (Lipinski definition) is 2. The zero-order valence-corrected chi connectivity index (χ0v) is 10.1. The van der Waals surface area contributed by atoms with Crippen LogP contribution >= 0.6 is 15.9 Å². The molecule has 1 aromatic heterocycles. The Hall–Kier alpha value is -1.30. The summed E-state index contributed by atoms with van der Waals surface area (Å²) >= 11 is 3.40. The van der Waals surface area contributed by atoms with E-state index in [-0.39, 0.29) is 6.04 Å². The van der Waals surface area contributed by atoms with Crippen molar-refractivity contribution in [2.75, 3.05) is 0 Å². The average molecular weight is 279 g/mol. The second-order valence-electron chi connectivity index (χ2n) is 3.32.